The quantitative estimate of drug-likeness (QED) is 0.771. The van der Waals surface area contributed by atoms with Gasteiger partial charge in [0.25, 0.3) is 0 Å². The number of hydrogen-bond donors (Lipinski definition) is 1. The Morgan fingerprint density at radius 2 is 1.88 bits per heavy atom. The maximum Gasteiger partial charge on any atom is 0.367 e. The first kappa shape index (κ1) is 19.8. The minimum Gasteiger partial charge on any atom is -0.465 e. The minimum atomic E-state index is -0.831. The van der Waals surface area contributed by atoms with Crippen LogP contribution in [-0.4, -0.2) is 41.0 Å². The number of carbonyl (C=O) groups excluding carboxylic acids is 3. The van der Waals surface area contributed by atoms with Gasteiger partial charge in [-0.1, -0.05) is 41.6 Å². The van der Waals surface area contributed by atoms with Gasteiger partial charge in [-0.3, -0.25) is 9.59 Å². The van der Waals surface area contributed by atoms with Crippen LogP contribution >= 0.6 is 11.8 Å². The van der Waals surface area contributed by atoms with E-state index < -0.39 is 17.9 Å². The molecule has 1 aliphatic heterocycles. The number of amides is 3. The van der Waals surface area contributed by atoms with Crippen LogP contribution in [0.3, 0.4) is 0 Å². The molecule has 0 fully saturated rings. The first-order valence-corrected chi connectivity index (χ1v) is 9.18. The van der Waals surface area contributed by atoms with Gasteiger partial charge in [0.05, 0.1) is 17.4 Å². The van der Waals surface area contributed by atoms with Crippen molar-refractivity contribution in [1.29, 1.82) is 0 Å². The van der Waals surface area contributed by atoms with E-state index >= 15 is 0 Å². The summed E-state index contributed by atoms with van der Waals surface area (Å²) in [7, 11) is 0. The van der Waals surface area contributed by atoms with E-state index in [4.69, 9.17) is 4.74 Å². The van der Waals surface area contributed by atoms with Crippen LogP contribution in [0.2, 0.25) is 0 Å². The maximum atomic E-state index is 12.1. The van der Waals surface area contributed by atoms with E-state index in [2.05, 4.69) is 15.3 Å². The van der Waals surface area contributed by atoms with Crippen molar-refractivity contribution in [2.45, 2.75) is 27.3 Å². The molecule has 1 N–H and O–H groups in total. The van der Waals surface area contributed by atoms with Gasteiger partial charge in [-0.15, -0.1) is 0 Å². The molecule has 0 saturated carbocycles. The molecule has 138 valence electrons. The predicted molar refractivity (Wildman–Crippen MR) is 102 cm³/mol. The Morgan fingerprint density at radius 3 is 2.54 bits per heavy atom. The molecule has 8 heteroatoms. The molecule has 3 amide bonds. The van der Waals surface area contributed by atoms with Crippen LogP contribution in [0, 0.1) is 12.8 Å². The highest BCUT2D eigenvalue weighted by atomic mass is 32.2. The van der Waals surface area contributed by atoms with Crippen LogP contribution in [-0.2, 0) is 20.9 Å². The lowest BCUT2D eigenvalue weighted by Crippen LogP contribution is -2.35. The van der Waals surface area contributed by atoms with Crippen molar-refractivity contribution in [3.63, 3.8) is 0 Å². The molecule has 1 atom stereocenters. The normalized spacial score (nSPS) is 16.6. The van der Waals surface area contributed by atoms with Crippen LogP contribution in [0.4, 0.5) is 4.79 Å². The highest BCUT2D eigenvalue weighted by Gasteiger charge is 2.33. The lowest BCUT2D eigenvalue weighted by Gasteiger charge is -2.19. The molecule has 1 aliphatic rings. The summed E-state index contributed by atoms with van der Waals surface area (Å²) in [5.41, 5.74) is 2.47. The van der Waals surface area contributed by atoms with Crippen molar-refractivity contribution in [2.24, 2.45) is 15.9 Å². The zero-order valence-electron chi connectivity index (χ0n) is 14.9. The third-order valence-electron chi connectivity index (χ3n) is 3.63. The molecule has 0 aliphatic carbocycles. The number of thioether (sulfide) groups is 1. The van der Waals surface area contributed by atoms with E-state index in [-0.39, 0.29) is 23.3 Å². The molecule has 1 aromatic carbocycles. The number of urea groups is 1. The Kier molecular flexibility index (Phi) is 7.08. The molecule has 0 saturated heterocycles. The first-order chi connectivity index (χ1) is 12.4. The van der Waals surface area contributed by atoms with Gasteiger partial charge < -0.3 is 10.1 Å². The van der Waals surface area contributed by atoms with Gasteiger partial charge in [-0.25, -0.2) is 4.79 Å². The van der Waals surface area contributed by atoms with Crippen LogP contribution in [0.5, 0.6) is 0 Å². The Hall–Kier alpha value is -2.48. The molecule has 26 heavy (non-hydrogen) atoms. The summed E-state index contributed by atoms with van der Waals surface area (Å²) in [6.45, 7) is 5.89. The molecule has 0 bridgehead atoms. The summed E-state index contributed by atoms with van der Waals surface area (Å²) < 4.78 is 5.01. The van der Waals surface area contributed by atoms with E-state index in [9.17, 15) is 14.4 Å². The summed E-state index contributed by atoms with van der Waals surface area (Å²) in [6.07, 6.45) is 0. The monoisotopic (exact) mass is 375 g/mol. The van der Waals surface area contributed by atoms with Crippen molar-refractivity contribution < 1.29 is 19.1 Å². The molecular weight excluding hydrogens is 354 g/mol. The van der Waals surface area contributed by atoms with Crippen molar-refractivity contribution in [2.75, 3.05) is 12.4 Å². The van der Waals surface area contributed by atoms with Gasteiger partial charge in [0.15, 0.2) is 0 Å². The van der Waals surface area contributed by atoms with Crippen molar-refractivity contribution in [3.8, 4) is 0 Å². The van der Waals surface area contributed by atoms with Gasteiger partial charge in [0.1, 0.15) is 5.92 Å². The van der Waals surface area contributed by atoms with Crippen molar-refractivity contribution in [3.05, 3.63) is 35.4 Å². The lowest BCUT2D eigenvalue weighted by atomic mass is 10.1. The van der Waals surface area contributed by atoms with Gasteiger partial charge in [-0.05, 0) is 26.3 Å². The van der Waals surface area contributed by atoms with Crippen LogP contribution in [0.25, 0.3) is 0 Å². The zero-order valence-corrected chi connectivity index (χ0v) is 15.8. The topological polar surface area (TPSA) is 97.2 Å². The lowest BCUT2D eigenvalue weighted by molar-refractivity contribution is -0.143. The molecule has 0 aromatic heterocycles. The van der Waals surface area contributed by atoms with Crippen LogP contribution in [0.15, 0.2) is 34.3 Å². The van der Waals surface area contributed by atoms with E-state index in [1.165, 1.54) is 0 Å². The van der Waals surface area contributed by atoms with E-state index in [0.717, 1.165) is 22.9 Å². The van der Waals surface area contributed by atoms with Crippen molar-refractivity contribution in [1.82, 2.24) is 5.32 Å². The molecular formula is C18H21N3O4S. The minimum absolute atomic E-state index is 0.0428. The molecule has 0 radical (unpaired) electrons. The summed E-state index contributed by atoms with van der Waals surface area (Å²) in [5, 5.41) is 3.05. The fourth-order valence-electron chi connectivity index (χ4n) is 2.29. The Balaban J connectivity index is 1.92. The maximum absolute atomic E-state index is 12.1. The summed E-state index contributed by atoms with van der Waals surface area (Å²) in [5.74, 6) is -1.52. The molecule has 2 rings (SSSR count). The largest absolute Gasteiger partial charge is 0.465 e. The highest BCUT2D eigenvalue weighted by molar-refractivity contribution is 8.14. The number of ether oxygens (including phenoxy) is 1. The number of aryl methyl sites for hydroxylation is 1. The number of benzene rings is 1. The molecule has 1 unspecified atom stereocenters. The second-order valence-corrected chi connectivity index (χ2v) is 6.72. The smallest absolute Gasteiger partial charge is 0.367 e. The van der Waals surface area contributed by atoms with Gasteiger partial charge >= 0.3 is 12.0 Å². The number of carbonyl (C=O) groups is 3. The summed E-state index contributed by atoms with van der Waals surface area (Å²) >= 11 is 1.05. The average Bonchev–Trinajstić information content (AvgIpc) is 2.59. The van der Waals surface area contributed by atoms with E-state index in [1.54, 1.807) is 13.8 Å². The molecule has 1 heterocycles. The zero-order chi connectivity index (χ0) is 19.1. The molecule has 1 aromatic rings. The summed E-state index contributed by atoms with van der Waals surface area (Å²) in [6, 6.07) is 7.17. The number of hydrogen-bond acceptors (Lipinski definition) is 5. The number of esters is 1. The van der Waals surface area contributed by atoms with Gasteiger partial charge in [0, 0.05) is 12.3 Å². The standard InChI is InChI=1S/C18H21N3O4S/c1-4-25-17(23)15-12(3)20-18(24)21-16(15)26-10-14(22)19-9-13-7-5-11(2)6-8-13/h5-8,15H,4,9-10H2,1-3H3,(H,19,22). The van der Waals surface area contributed by atoms with Crippen LogP contribution in [0.1, 0.15) is 25.0 Å². The molecule has 7 nitrogen and oxygen atoms in total. The third-order valence-corrected chi connectivity index (χ3v) is 4.66. The Morgan fingerprint density at radius 1 is 1.19 bits per heavy atom. The predicted octanol–water partition coefficient (Wildman–Crippen LogP) is 2.52. The first-order valence-electron chi connectivity index (χ1n) is 8.20. The van der Waals surface area contributed by atoms with Crippen molar-refractivity contribution >= 4 is 40.4 Å². The van der Waals surface area contributed by atoms with Gasteiger partial charge in [-0.2, -0.15) is 9.98 Å². The number of aliphatic imine (C=N–C) groups is 2. The third kappa shape index (κ3) is 5.52. The fourth-order valence-corrected chi connectivity index (χ4v) is 3.24. The molecule has 0 spiro atoms. The number of nitrogens with one attached hydrogen (secondary N) is 1. The second kappa shape index (κ2) is 9.28. The SMILES string of the molecule is CCOC(=O)C1C(C)=NC(=O)N=C1SCC(=O)NCc1ccc(C)cc1. The Labute approximate surface area is 156 Å². The average molecular weight is 375 g/mol. The Bertz CT molecular complexity index is 756. The van der Waals surface area contributed by atoms with E-state index in [0.29, 0.717) is 12.3 Å². The fraction of sp³-hybridized carbons (Fsp3) is 0.389. The highest BCUT2D eigenvalue weighted by Crippen LogP contribution is 2.21. The number of nitrogens with zero attached hydrogens (tertiary/aromatic N) is 2. The summed E-state index contributed by atoms with van der Waals surface area (Å²) in [4.78, 5) is 43.2. The van der Waals surface area contributed by atoms with Gasteiger partial charge in [0.2, 0.25) is 5.91 Å². The number of rotatable bonds is 6. The van der Waals surface area contributed by atoms with E-state index in [1.807, 2.05) is 31.2 Å². The second-order valence-electron chi connectivity index (χ2n) is 5.72. The van der Waals surface area contributed by atoms with Crippen LogP contribution < -0.4 is 5.32 Å².